The molecule has 11 heavy (non-hydrogen) atoms. The second-order valence-corrected chi connectivity index (χ2v) is 3.30. The summed E-state index contributed by atoms with van der Waals surface area (Å²) in [6, 6.07) is 0. The van der Waals surface area contributed by atoms with Crippen LogP contribution in [-0.2, 0) is 4.79 Å². The molecule has 0 aromatic heterocycles. The minimum atomic E-state index is -1.45. The molecule has 0 aromatic rings. The van der Waals surface area contributed by atoms with Gasteiger partial charge in [-0.05, 0) is 18.8 Å². The summed E-state index contributed by atoms with van der Waals surface area (Å²) in [7, 11) is 0. The van der Waals surface area contributed by atoms with Crippen LogP contribution in [0.5, 0.6) is 0 Å². The van der Waals surface area contributed by atoms with Gasteiger partial charge in [0.2, 0.25) is 0 Å². The van der Waals surface area contributed by atoms with Crippen LogP contribution in [0.3, 0.4) is 0 Å². The van der Waals surface area contributed by atoms with Crippen LogP contribution in [0.15, 0.2) is 0 Å². The van der Waals surface area contributed by atoms with Gasteiger partial charge in [-0.15, -0.1) is 0 Å². The van der Waals surface area contributed by atoms with Gasteiger partial charge in [-0.2, -0.15) is 0 Å². The second-order valence-electron chi connectivity index (χ2n) is 3.30. The van der Waals surface area contributed by atoms with E-state index in [-0.39, 0.29) is 11.7 Å². The Morgan fingerprint density at radius 2 is 2.36 bits per heavy atom. The van der Waals surface area contributed by atoms with Crippen molar-refractivity contribution in [2.24, 2.45) is 5.92 Å². The topological polar surface area (TPSA) is 57.5 Å². The molecule has 3 nitrogen and oxygen atoms in total. The van der Waals surface area contributed by atoms with Gasteiger partial charge in [0.15, 0.2) is 5.78 Å². The Labute approximate surface area is 66.0 Å². The van der Waals surface area contributed by atoms with Crippen molar-refractivity contribution < 1.29 is 15.0 Å². The summed E-state index contributed by atoms with van der Waals surface area (Å²) in [5.41, 5.74) is -1.45. The fraction of sp³-hybridized carbons (Fsp3) is 0.875. The lowest BCUT2D eigenvalue weighted by Crippen LogP contribution is -2.50. The summed E-state index contributed by atoms with van der Waals surface area (Å²) in [5.74, 6) is -0.312. The van der Waals surface area contributed by atoms with Crippen LogP contribution in [0.25, 0.3) is 0 Å². The number of aliphatic hydroxyl groups excluding tert-OH is 1. The van der Waals surface area contributed by atoms with E-state index in [2.05, 4.69) is 0 Å². The van der Waals surface area contributed by atoms with Gasteiger partial charge in [-0.25, -0.2) is 0 Å². The van der Waals surface area contributed by atoms with Crippen molar-refractivity contribution in [2.75, 3.05) is 6.61 Å². The van der Waals surface area contributed by atoms with Gasteiger partial charge in [0.25, 0.3) is 0 Å². The summed E-state index contributed by atoms with van der Waals surface area (Å²) in [6.07, 6.45) is 2.06. The maximum atomic E-state index is 11.1. The van der Waals surface area contributed by atoms with Crippen molar-refractivity contribution >= 4 is 5.78 Å². The normalized spacial score (nSPS) is 39.2. The van der Waals surface area contributed by atoms with Crippen molar-refractivity contribution in [3.05, 3.63) is 0 Å². The SMILES string of the molecule is CC1CCCC(=O)C1(O)CO. The van der Waals surface area contributed by atoms with E-state index in [1.54, 1.807) is 6.92 Å². The number of aliphatic hydroxyl groups is 2. The molecule has 2 atom stereocenters. The number of Topliss-reactive ketones (excluding diaryl/α,β-unsaturated/α-hetero) is 1. The fourth-order valence-corrected chi connectivity index (χ4v) is 1.54. The zero-order valence-corrected chi connectivity index (χ0v) is 6.71. The van der Waals surface area contributed by atoms with Gasteiger partial charge in [0, 0.05) is 6.42 Å². The van der Waals surface area contributed by atoms with Crippen LogP contribution >= 0.6 is 0 Å². The summed E-state index contributed by atoms with van der Waals surface area (Å²) in [5, 5.41) is 18.4. The maximum Gasteiger partial charge on any atom is 0.166 e. The van der Waals surface area contributed by atoms with E-state index in [1.165, 1.54) is 0 Å². The molecule has 1 aliphatic carbocycles. The molecule has 2 N–H and O–H groups in total. The fourth-order valence-electron chi connectivity index (χ4n) is 1.54. The Morgan fingerprint density at radius 1 is 1.73 bits per heavy atom. The third-order valence-corrected chi connectivity index (χ3v) is 2.58. The van der Waals surface area contributed by atoms with E-state index >= 15 is 0 Å². The lowest BCUT2D eigenvalue weighted by atomic mass is 9.76. The second kappa shape index (κ2) is 2.91. The molecule has 0 spiro atoms. The lowest BCUT2D eigenvalue weighted by molar-refractivity contribution is -0.152. The van der Waals surface area contributed by atoms with Gasteiger partial charge in [0.05, 0.1) is 6.61 Å². The van der Waals surface area contributed by atoms with Crippen LogP contribution in [-0.4, -0.2) is 28.2 Å². The van der Waals surface area contributed by atoms with E-state index in [0.717, 1.165) is 12.8 Å². The number of ketones is 1. The molecule has 3 heteroatoms. The van der Waals surface area contributed by atoms with Crippen LogP contribution in [0.1, 0.15) is 26.2 Å². The third kappa shape index (κ3) is 1.30. The molecule has 1 aliphatic rings. The molecular weight excluding hydrogens is 144 g/mol. The highest BCUT2D eigenvalue weighted by molar-refractivity contribution is 5.88. The summed E-state index contributed by atoms with van der Waals surface area (Å²) in [6.45, 7) is 1.36. The number of carbonyl (C=O) groups excluding carboxylic acids is 1. The van der Waals surface area contributed by atoms with Gasteiger partial charge >= 0.3 is 0 Å². The molecule has 1 fully saturated rings. The van der Waals surface area contributed by atoms with E-state index in [1.807, 2.05) is 0 Å². The molecule has 2 unspecified atom stereocenters. The standard InChI is InChI=1S/C8H14O3/c1-6-3-2-4-7(10)8(6,11)5-9/h6,9,11H,2-5H2,1H3. The highest BCUT2D eigenvalue weighted by Gasteiger charge is 2.42. The maximum absolute atomic E-state index is 11.1. The minimum Gasteiger partial charge on any atom is -0.393 e. The number of hydrogen-bond donors (Lipinski definition) is 2. The van der Waals surface area contributed by atoms with Crippen LogP contribution in [0.4, 0.5) is 0 Å². The first-order valence-corrected chi connectivity index (χ1v) is 3.98. The highest BCUT2D eigenvalue weighted by Crippen LogP contribution is 2.30. The monoisotopic (exact) mass is 158 g/mol. The molecule has 0 radical (unpaired) electrons. The smallest absolute Gasteiger partial charge is 0.166 e. The van der Waals surface area contributed by atoms with Crippen LogP contribution < -0.4 is 0 Å². The largest absolute Gasteiger partial charge is 0.393 e. The molecule has 0 saturated heterocycles. The van der Waals surface area contributed by atoms with Crippen LogP contribution in [0.2, 0.25) is 0 Å². The van der Waals surface area contributed by atoms with E-state index in [0.29, 0.717) is 6.42 Å². The van der Waals surface area contributed by atoms with Crippen molar-refractivity contribution in [2.45, 2.75) is 31.8 Å². The van der Waals surface area contributed by atoms with Crippen molar-refractivity contribution in [3.63, 3.8) is 0 Å². The number of hydrogen-bond acceptors (Lipinski definition) is 3. The first-order valence-electron chi connectivity index (χ1n) is 3.98. The average Bonchev–Trinajstić information content (AvgIpc) is 2.00. The van der Waals surface area contributed by atoms with Crippen molar-refractivity contribution in [3.8, 4) is 0 Å². The van der Waals surface area contributed by atoms with Gasteiger partial charge < -0.3 is 10.2 Å². The average molecular weight is 158 g/mol. The Kier molecular flexibility index (Phi) is 2.30. The Bertz CT molecular complexity index is 167. The van der Waals surface area contributed by atoms with Crippen molar-refractivity contribution in [1.29, 1.82) is 0 Å². The molecule has 1 rings (SSSR count). The lowest BCUT2D eigenvalue weighted by Gasteiger charge is -2.34. The predicted molar refractivity (Wildman–Crippen MR) is 40.1 cm³/mol. The third-order valence-electron chi connectivity index (χ3n) is 2.58. The van der Waals surface area contributed by atoms with Gasteiger partial charge in [-0.3, -0.25) is 4.79 Å². The zero-order chi connectivity index (χ0) is 8.48. The minimum absolute atomic E-state index is 0.103. The molecule has 1 saturated carbocycles. The molecular formula is C8H14O3. The first kappa shape index (κ1) is 8.68. The molecule has 0 aromatic carbocycles. The molecule has 0 bridgehead atoms. The van der Waals surface area contributed by atoms with E-state index < -0.39 is 12.2 Å². The van der Waals surface area contributed by atoms with Gasteiger partial charge in [0.1, 0.15) is 5.60 Å². The molecule has 0 aliphatic heterocycles. The number of carbonyl (C=O) groups is 1. The zero-order valence-electron chi connectivity index (χ0n) is 6.71. The summed E-state index contributed by atoms with van der Waals surface area (Å²) < 4.78 is 0. The molecule has 0 heterocycles. The highest BCUT2D eigenvalue weighted by atomic mass is 16.3. The van der Waals surface area contributed by atoms with Crippen molar-refractivity contribution in [1.82, 2.24) is 0 Å². The Balaban J connectivity index is 2.77. The first-order chi connectivity index (χ1) is 5.11. The van der Waals surface area contributed by atoms with E-state index in [4.69, 9.17) is 5.11 Å². The van der Waals surface area contributed by atoms with Crippen LogP contribution in [0, 0.1) is 5.92 Å². The predicted octanol–water partition coefficient (Wildman–Crippen LogP) is 0.0989. The number of rotatable bonds is 1. The summed E-state index contributed by atoms with van der Waals surface area (Å²) >= 11 is 0. The Morgan fingerprint density at radius 3 is 2.73 bits per heavy atom. The molecule has 64 valence electrons. The molecule has 0 amide bonds. The quantitative estimate of drug-likeness (QED) is 0.569. The van der Waals surface area contributed by atoms with Gasteiger partial charge in [-0.1, -0.05) is 6.92 Å². The van der Waals surface area contributed by atoms with E-state index in [9.17, 15) is 9.90 Å². The summed E-state index contributed by atoms with van der Waals surface area (Å²) in [4.78, 5) is 11.1. The Hall–Kier alpha value is -0.410.